The van der Waals surface area contributed by atoms with E-state index in [-0.39, 0.29) is 12.5 Å². The smallest absolute Gasteiger partial charge is 0.343 e. The lowest BCUT2D eigenvalue weighted by Gasteiger charge is -2.09. The molecule has 0 saturated carbocycles. The molecule has 0 saturated heterocycles. The number of anilines is 1. The highest BCUT2D eigenvalue weighted by molar-refractivity contribution is 9.10. The van der Waals surface area contributed by atoms with Gasteiger partial charge >= 0.3 is 5.97 Å². The van der Waals surface area contributed by atoms with Crippen LogP contribution in [0, 0.1) is 13.8 Å². The molecule has 150 valence electrons. The number of hydrogen-bond donors (Lipinski definition) is 1. The highest BCUT2D eigenvalue weighted by atomic mass is 79.9. The number of esters is 1. The van der Waals surface area contributed by atoms with Crippen molar-refractivity contribution in [2.24, 2.45) is 0 Å². The Kier molecular flexibility index (Phi) is 6.33. The SMILES string of the molecule is COC(=O)COc1ccc(NC(=O)c2ccc(-n3nc(C)c(Br)c3C)cc2)cc1. The number of rotatable bonds is 6. The molecule has 1 heterocycles. The number of halogens is 1. The van der Waals surface area contributed by atoms with E-state index in [4.69, 9.17) is 4.74 Å². The first-order chi connectivity index (χ1) is 13.9. The molecule has 0 aliphatic heterocycles. The Bertz CT molecular complexity index is 1030. The summed E-state index contributed by atoms with van der Waals surface area (Å²) in [6.45, 7) is 3.74. The molecule has 1 aromatic heterocycles. The van der Waals surface area contributed by atoms with Gasteiger partial charge < -0.3 is 14.8 Å². The molecule has 0 bridgehead atoms. The third-order valence-corrected chi connectivity index (χ3v) is 5.42. The highest BCUT2D eigenvalue weighted by Gasteiger charge is 2.12. The summed E-state index contributed by atoms with van der Waals surface area (Å²) in [5.41, 5.74) is 3.92. The summed E-state index contributed by atoms with van der Waals surface area (Å²) < 4.78 is 12.6. The Morgan fingerprint density at radius 3 is 2.28 bits per heavy atom. The van der Waals surface area contributed by atoms with Gasteiger partial charge in [0.05, 0.1) is 28.7 Å². The van der Waals surface area contributed by atoms with Crippen LogP contribution in [0.5, 0.6) is 5.75 Å². The van der Waals surface area contributed by atoms with E-state index >= 15 is 0 Å². The van der Waals surface area contributed by atoms with Crippen molar-refractivity contribution in [3.8, 4) is 11.4 Å². The van der Waals surface area contributed by atoms with Crippen LogP contribution in [-0.2, 0) is 9.53 Å². The maximum Gasteiger partial charge on any atom is 0.343 e. The molecule has 7 nitrogen and oxygen atoms in total. The first-order valence-electron chi connectivity index (χ1n) is 8.82. The average molecular weight is 458 g/mol. The molecular formula is C21H20BrN3O4. The van der Waals surface area contributed by atoms with Gasteiger partial charge in [0, 0.05) is 11.3 Å². The topological polar surface area (TPSA) is 82.5 Å². The second kappa shape index (κ2) is 8.91. The number of ether oxygens (including phenoxy) is 2. The van der Waals surface area contributed by atoms with E-state index in [1.165, 1.54) is 7.11 Å². The predicted octanol–water partition coefficient (Wildman–Crippen LogP) is 4.06. The zero-order chi connectivity index (χ0) is 21.0. The lowest BCUT2D eigenvalue weighted by atomic mass is 10.2. The van der Waals surface area contributed by atoms with Crippen molar-refractivity contribution in [3.63, 3.8) is 0 Å². The van der Waals surface area contributed by atoms with Gasteiger partial charge in [-0.2, -0.15) is 5.10 Å². The maximum atomic E-state index is 12.5. The Morgan fingerprint density at radius 2 is 1.72 bits per heavy atom. The summed E-state index contributed by atoms with van der Waals surface area (Å²) >= 11 is 3.52. The number of methoxy groups -OCH3 is 1. The molecule has 8 heteroatoms. The first-order valence-corrected chi connectivity index (χ1v) is 9.61. The molecule has 1 N–H and O–H groups in total. The molecule has 3 rings (SSSR count). The zero-order valence-corrected chi connectivity index (χ0v) is 17.8. The van der Waals surface area contributed by atoms with Gasteiger partial charge in [-0.25, -0.2) is 9.48 Å². The van der Waals surface area contributed by atoms with Gasteiger partial charge in [-0.1, -0.05) is 0 Å². The van der Waals surface area contributed by atoms with Crippen LogP contribution in [0.4, 0.5) is 5.69 Å². The van der Waals surface area contributed by atoms with Crippen LogP contribution in [0.3, 0.4) is 0 Å². The minimum absolute atomic E-state index is 0.166. The number of carbonyl (C=O) groups is 2. The Balaban J connectivity index is 1.65. The molecular weight excluding hydrogens is 438 g/mol. The molecule has 2 aromatic carbocycles. The van der Waals surface area contributed by atoms with Gasteiger partial charge in [-0.05, 0) is 78.3 Å². The number of amides is 1. The summed E-state index contributed by atoms with van der Waals surface area (Å²) in [5.74, 6) is -0.179. The molecule has 0 spiro atoms. The zero-order valence-electron chi connectivity index (χ0n) is 16.2. The van der Waals surface area contributed by atoms with Crippen molar-refractivity contribution in [3.05, 3.63) is 70.0 Å². The van der Waals surface area contributed by atoms with Gasteiger partial charge in [0.25, 0.3) is 5.91 Å². The largest absolute Gasteiger partial charge is 0.482 e. The van der Waals surface area contributed by atoms with E-state index in [1.807, 2.05) is 30.7 Å². The molecule has 29 heavy (non-hydrogen) atoms. The standard InChI is InChI=1S/C21H20BrN3O4/c1-13-20(22)14(2)25(24-13)17-8-4-15(5-9-17)21(27)23-16-6-10-18(11-7-16)29-12-19(26)28-3/h4-11H,12H2,1-3H3,(H,23,27). The van der Waals surface area contributed by atoms with Crippen molar-refractivity contribution >= 4 is 33.5 Å². The summed E-state index contributed by atoms with van der Waals surface area (Å²) in [4.78, 5) is 23.6. The number of nitrogens with one attached hydrogen (secondary N) is 1. The van der Waals surface area contributed by atoms with E-state index < -0.39 is 5.97 Å². The van der Waals surface area contributed by atoms with Gasteiger partial charge in [0.1, 0.15) is 5.75 Å². The lowest BCUT2D eigenvalue weighted by molar-refractivity contribution is -0.142. The molecule has 0 radical (unpaired) electrons. The van der Waals surface area contributed by atoms with Crippen LogP contribution in [-0.4, -0.2) is 35.4 Å². The molecule has 0 aliphatic rings. The Labute approximate surface area is 176 Å². The Hall–Kier alpha value is -3.13. The fourth-order valence-electron chi connectivity index (χ4n) is 2.67. The van der Waals surface area contributed by atoms with Crippen molar-refractivity contribution in [2.75, 3.05) is 19.0 Å². The number of nitrogens with zero attached hydrogens (tertiary/aromatic N) is 2. The minimum Gasteiger partial charge on any atom is -0.482 e. The van der Waals surface area contributed by atoms with Crippen molar-refractivity contribution in [2.45, 2.75) is 13.8 Å². The van der Waals surface area contributed by atoms with Crippen LogP contribution in [0.25, 0.3) is 5.69 Å². The van der Waals surface area contributed by atoms with E-state index in [9.17, 15) is 9.59 Å². The number of benzene rings is 2. The normalized spacial score (nSPS) is 10.5. The molecule has 0 unspecified atom stereocenters. The van der Waals surface area contributed by atoms with Crippen molar-refractivity contribution < 1.29 is 19.1 Å². The third kappa shape index (κ3) is 4.83. The van der Waals surface area contributed by atoms with Crippen molar-refractivity contribution in [1.29, 1.82) is 0 Å². The molecule has 0 fully saturated rings. The van der Waals surface area contributed by atoms with Crippen LogP contribution in [0.15, 0.2) is 53.0 Å². The fraction of sp³-hybridized carbons (Fsp3) is 0.190. The van der Waals surface area contributed by atoms with Crippen LogP contribution >= 0.6 is 15.9 Å². The summed E-state index contributed by atoms with van der Waals surface area (Å²) in [5, 5.41) is 7.32. The summed E-state index contributed by atoms with van der Waals surface area (Å²) in [6.07, 6.45) is 0. The quantitative estimate of drug-likeness (QED) is 0.564. The van der Waals surface area contributed by atoms with Gasteiger partial charge in [-0.3, -0.25) is 4.79 Å². The number of carbonyl (C=O) groups excluding carboxylic acids is 2. The lowest BCUT2D eigenvalue weighted by Crippen LogP contribution is -2.13. The fourth-order valence-corrected chi connectivity index (χ4v) is 2.92. The van der Waals surface area contributed by atoms with E-state index in [0.717, 1.165) is 21.5 Å². The number of hydrogen-bond acceptors (Lipinski definition) is 5. The average Bonchev–Trinajstić information content (AvgIpc) is 3.00. The van der Waals surface area contributed by atoms with Gasteiger partial charge in [0.2, 0.25) is 0 Å². The molecule has 0 atom stereocenters. The van der Waals surface area contributed by atoms with Gasteiger partial charge in [0.15, 0.2) is 6.61 Å². The minimum atomic E-state index is -0.460. The van der Waals surface area contributed by atoms with E-state index in [1.54, 1.807) is 36.4 Å². The van der Waals surface area contributed by atoms with Gasteiger partial charge in [-0.15, -0.1) is 0 Å². The van der Waals surface area contributed by atoms with Crippen LogP contribution < -0.4 is 10.1 Å². The summed E-state index contributed by atoms with van der Waals surface area (Å²) in [6, 6.07) is 13.9. The van der Waals surface area contributed by atoms with Crippen LogP contribution in [0.1, 0.15) is 21.7 Å². The molecule has 3 aromatic rings. The van der Waals surface area contributed by atoms with Crippen LogP contribution in [0.2, 0.25) is 0 Å². The third-order valence-electron chi connectivity index (χ3n) is 4.27. The monoisotopic (exact) mass is 457 g/mol. The Morgan fingerprint density at radius 1 is 1.07 bits per heavy atom. The second-order valence-electron chi connectivity index (χ2n) is 6.29. The first kappa shape index (κ1) is 20.6. The predicted molar refractivity (Wildman–Crippen MR) is 113 cm³/mol. The van der Waals surface area contributed by atoms with E-state index in [0.29, 0.717) is 17.0 Å². The highest BCUT2D eigenvalue weighted by Crippen LogP contribution is 2.23. The van der Waals surface area contributed by atoms with E-state index in [2.05, 4.69) is 31.1 Å². The summed E-state index contributed by atoms with van der Waals surface area (Å²) in [7, 11) is 1.30. The second-order valence-corrected chi connectivity index (χ2v) is 7.08. The molecule has 0 aliphatic carbocycles. The number of aromatic nitrogens is 2. The molecule has 1 amide bonds. The van der Waals surface area contributed by atoms with Crippen molar-refractivity contribution in [1.82, 2.24) is 9.78 Å². The maximum absolute atomic E-state index is 12.5. The number of aryl methyl sites for hydroxylation is 1.